The summed E-state index contributed by atoms with van der Waals surface area (Å²) in [7, 11) is 0. The summed E-state index contributed by atoms with van der Waals surface area (Å²) in [5.41, 5.74) is 1.82. The Labute approximate surface area is 129 Å². The first kappa shape index (κ1) is 14.5. The Balaban J connectivity index is 2.06. The van der Waals surface area contributed by atoms with E-state index < -0.39 is 5.79 Å². The standard InChI is InChI=1S/C17H18ClNO2/c1-16(2)11-20-17(21-12-16,14-4-3-9-19-10-14)13-5-7-15(18)8-6-13/h3-10H,11-12H2,1-2H3. The number of aromatic nitrogens is 1. The van der Waals surface area contributed by atoms with Gasteiger partial charge in [0, 0.05) is 34.0 Å². The Bertz CT molecular complexity index is 600. The fourth-order valence-electron chi connectivity index (χ4n) is 2.40. The van der Waals surface area contributed by atoms with Crippen molar-refractivity contribution in [1.82, 2.24) is 4.98 Å². The van der Waals surface area contributed by atoms with Crippen LogP contribution in [0, 0.1) is 5.41 Å². The smallest absolute Gasteiger partial charge is 0.223 e. The molecule has 1 aromatic heterocycles. The van der Waals surface area contributed by atoms with Crippen LogP contribution < -0.4 is 0 Å². The minimum atomic E-state index is -0.908. The number of ether oxygens (including phenoxy) is 2. The maximum Gasteiger partial charge on any atom is 0.223 e. The Morgan fingerprint density at radius 2 is 1.67 bits per heavy atom. The maximum absolute atomic E-state index is 6.19. The van der Waals surface area contributed by atoms with Gasteiger partial charge in [0.2, 0.25) is 5.79 Å². The van der Waals surface area contributed by atoms with Gasteiger partial charge in [0.1, 0.15) is 0 Å². The van der Waals surface area contributed by atoms with Crippen molar-refractivity contribution in [2.24, 2.45) is 5.41 Å². The van der Waals surface area contributed by atoms with Gasteiger partial charge in [0.25, 0.3) is 0 Å². The largest absolute Gasteiger partial charge is 0.341 e. The topological polar surface area (TPSA) is 31.4 Å². The van der Waals surface area contributed by atoms with Crippen molar-refractivity contribution in [1.29, 1.82) is 0 Å². The predicted octanol–water partition coefficient (Wildman–Crippen LogP) is 4.01. The molecule has 0 saturated carbocycles. The third kappa shape index (κ3) is 2.82. The Hall–Kier alpha value is -1.42. The lowest BCUT2D eigenvalue weighted by Crippen LogP contribution is -2.46. The SMILES string of the molecule is CC1(C)COC(c2ccc(Cl)cc2)(c2cccnc2)OC1. The minimum absolute atomic E-state index is 0.00185. The van der Waals surface area contributed by atoms with E-state index >= 15 is 0 Å². The maximum atomic E-state index is 6.19. The van der Waals surface area contributed by atoms with E-state index in [1.54, 1.807) is 12.4 Å². The number of nitrogens with zero attached hydrogens (tertiary/aromatic N) is 1. The zero-order chi connectivity index (χ0) is 14.9. The Morgan fingerprint density at radius 3 is 2.24 bits per heavy atom. The van der Waals surface area contributed by atoms with E-state index in [1.807, 2.05) is 36.4 Å². The molecule has 4 heteroatoms. The molecule has 1 fully saturated rings. The average Bonchev–Trinajstić information content (AvgIpc) is 2.50. The highest BCUT2D eigenvalue weighted by Crippen LogP contribution is 2.41. The van der Waals surface area contributed by atoms with Crippen molar-refractivity contribution < 1.29 is 9.47 Å². The highest BCUT2D eigenvalue weighted by Gasteiger charge is 2.43. The van der Waals surface area contributed by atoms with E-state index in [0.717, 1.165) is 11.1 Å². The van der Waals surface area contributed by atoms with E-state index in [9.17, 15) is 0 Å². The van der Waals surface area contributed by atoms with Crippen LogP contribution in [0.5, 0.6) is 0 Å². The molecule has 1 aliphatic heterocycles. The molecule has 0 unspecified atom stereocenters. The molecule has 0 spiro atoms. The summed E-state index contributed by atoms with van der Waals surface area (Å²) in [6.45, 7) is 5.49. The number of halogens is 1. The molecule has 0 aliphatic carbocycles. The van der Waals surface area contributed by atoms with Crippen molar-refractivity contribution in [3.63, 3.8) is 0 Å². The third-order valence-corrected chi connectivity index (χ3v) is 3.85. The van der Waals surface area contributed by atoms with Crippen LogP contribution in [-0.2, 0) is 15.3 Å². The molecule has 110 valence electrons. The van der Waals surface area contributed by atoms with Gasteiger partial charge in [-0.05, 0) is 18.2 Å². The van der Waals surface area contributed by atoms with Gasteiger partial charge >= 0.3 is 0 Å². The average molecular weight is 304 g/mol. The van der Waals surface area contributed by atoms with Gasteiger partial charge in [0.15, 0.2) is 0 Å². The van der Waals surface area contributed by atoms with Gasteiger partial charge in [-0.25, -0.2) is 0 Å². The molecule has 0 atom stereocenters. The van der Waals surface area contributed by atoms with Gasteiger partial charge < -0.3 is 9.47 Å². The zero-order valence-corrected chi connectivity index (χ0v) is 12.9. The first-order valence-corrected chi connectivity index (χ1v) is 7.34. The summed E-state index contributed by atoms with van der Waals surface area (Å²) < 4.78 is 12.4. The highest BCUT2D eigenvalue weighted by atomic mass is 35.5. The molecule has 1 aliphatic rings. The first-order chi connectivity index (χ1) is 10.0. The third-order valence-electron chi connectivity index (χ3n) is 3.60. The lowest BCUT2D eigenvalue weighted by atomic mass is 9.91. The first-order valence-electron chi connectivity index (χ1n) is 6.96. The number of benzene rings is 1. The van der Waals surface area contributed by atoms with E-state index in [1.165, 1.54) is 0 Å². The van der Waals surface area contributed by atoms with Crippen LogP contribution in [-0.4, -0.2) is 18.2 Å². The summed E-state index contributed by atoms with van der Waals surface area (Å²) in [4.78, 5) is 4.20. The minimum Gasteiger partial charge on any atom is -0.341 e. The van der Waals surface area contributed by atoms with Crippen LogP contribution in [0.3, 0.4) is 0 Å². The Morgan fingerprint density at radius 1 is 1.00 bits per heavy atom. The summed E-state index contributed by atoms with van der Waals surface area (Å²) in [6, 6.07) is 11.4. The van der Waals surface area contributed by atoms with E-state index in [0.29, 0.717) is 18.2 Å². The highest BCUT2D eigenvalue weighted by molar-refractivity contribution is 6.30. The van der Waals surface area contributed by atoms with Gasteiger partial charge in [-0.2, -0.15) is 0 Å². The zero-order valence-electron chi connectivity index (χ0n) is 12.2. The van der Waals surface area contributed by atoms with Crippen LogP contribution in [0.25, 0.3) is 0 Å². The Kier molecular flexibility index (Phi) is 3.74. The molecular formula is C17H18ClNO2. The lowest BCUT2D eigenvalue weighted by Gasteiger charge is -2.43. The van der Waals surface area contributed by atoms with E-state index in [-0.39, 0.29) is 5.41 Å². The van der Waals surface area contributed by atoms with Gasteiger partial charge in [0.05, 0.1) is 13.2 Å². The van der Waals surface area contributed by atoms with E-state index in [2.05, 4.69) is 18.8 Å². The molecule has 2 aromatic rings. The van der Waals surface area contributed by atoms with Crippen LogP contribution in [0.1, 0.15) is 25.0 Å². The number of hydrogen-bond acceptors (Lipinski definition) is 3. The van der Waals surface area contributed by atoms with Gasteiger partial charge in [-0.3, -0.25) is 4.98 Å². The van der Waals surface area contributed by atoms with Crippen molar-refractivity contribution in [3.05, 3.63) is 64.9 Å². The molecule has 0 N–H and O–H groups in total. The van der Waals surface area contributed by atoms with Gasteiger partial charge in [-0.15, -0.1) is 0 Å². The molecule has 2 heterocycles. The number of hydrogen-bond donors (Lipinski definition) is 0. The summed E-state index contributed by atoms with van der Waals surface area (Å²) in [6.07, 6.45) is 3.53. The second kappa shape index (κ2) is 5.41. The molecule has 3 nitrogen and oxygen atoms in total. The summed E-state index contributed by atoms with van der Waals surface area (Å²) in [5.74, 6) is -0.908. The number of pyridine rings is 1. The monoisotopic (exact) mass is 303 g/mol. The van der Waals surface area contributed by atoms with Crippen LogP contribution in [0.15, 0.2) is 48.8 Å². The predicted molar refractivity (Wildman–Crippen MR) is 82.2 cm³/mol. The molecule has 0 radical (unpaired) electrons. The van der Waals surface area contributed by atoms with Crippen molar-refractivity contribution in [2.45, 2.75) is 19.6 Å². The number of rotatable bonds is 2. The second-order valence-corrected chi connectivity index (χ2v) is 6.54. The quantitative estimate of drug-likeness (QED) is 0.840. The summed E-state index contributed by atoms with van der Waals surface area (Å²) >= 11 is 5.99. The van der Waals surface area contributed by atoms with Crippen LogP contribution >= 0.6 is 11.6 Å². The van der Waals surface area contributed by atoms with Crippen LogP contribution in [0.2, 0.25) is 5.02 Å². The molecule has 0 amide bonds. The normalized spacial score (nSPS) is 20.1. The molecule has 21 heavy (non-hydrogen) atoms. The van der Waals surface area contributed by atoms with E-state index in [4.69, 9.17) is 21.1 Å². The summed E-state index contributed by atoms with van der Waals surface area (Å²) in [5, 5.41) is 0.691. The molecule has 0 bridgehead atoms. The molecular weight excluding hydrogens is 286 g/mol. The van der Waals surface area contributed by atoms with Crippen molar-refractivity contribution >= 4 is 11.6 Å². The lowest BCUT2D eigenvalue weighted by molar-refractivity contribution is -0.284. The van der Waals surface area contributed by atoms with Crippen LogP contribution in [0.4, 0.5) is 0 Å². The fraction of sp³-hybridized carbons (Fsp3) is 0.353. The molecule has 1 saturated heterocycles. The molecule has 1 aromatic carbocycles. The second-order valence-electron chi connectivity index (χ2n) is 6.11. The molecule has 3 rings (SSSR count). The van der Waals surface area contributed by atoms with Crippen molar-refractivity contribution in [2.75, 3.05) is 13.2 Å². The fourth-order valence-corrected chi connectivity index (χ4v) is 2.53. The van der Waals surface area contributed by atoms with Gasteiger partial charge in [-0.1, -0.05) is 43.6 Å². The van der Waals surface area contributed by atoms with Crippen molar-refractivity contribution in [3.8, 4) is 0 Å².